The molecule has 0 saturated carbocycles. The van der Waals surface area contributed by atoms with Crippen molar-refractivity contribution in [2.75, 3.05) is 25.0 Å². The molecular weight excluding hydrogens is 343 g/mol. The number of nitrogens with zero attached hydrogens (tertiary/aromatic N) is 2. The van der Waals surface area contributed by atoms with Crippen LogP contribution in [0.4, 0.5) is 5.69 Å². The van der Waals surface area contributed by atoms with Gasteiger partial charge in [-0.15, -0.1) is 0 Å². The number of hydrogen-bond acceptors (Lipinski definition) is 2. The standard InChI is InChI=1S/C19H20Cl2N2O/c1-22(19(24)14-9-10-17(20)18(21)12-14)16-8-5-11-23(13-16)15-6-3-2-4-7-15/h2-4,6-7,9-10,12,16H,5,8,11,13H2,1H3. The maximum Gasteiger partial charge on any atom is 0.253 e. The Bertz CT molecular complexity index is 721. The summed E-state index contributed by atoms with van der Waals surface area (Å²) in [6.45, 7) is 1.86. The second-order valence-corrected chi connectivity index (χ2v) is 6.94. The summed E-state index contributed by atoms with van der Waals surface area (Å²) in [5.41, 5.74) is 1.78. The predicted octanol–water partition coefficient (Wildman–Crippen LogP) is 4.73. The van der Waals surface area contributed by atoms with Crippen LogP contribution in [0.25, 0.3) is 0 Å². The smallest absolute Gasteiger partial charge is 0.253 e. The minimum atomic E-state index is -0.0199. The van der Waals surface area contributed by atoms with Crippen molar-refractivity contribution in [3.8, 4) is 0 Å². The molecule has 0 bridgehead atoms. The Morgan fingerprint density at radius 1 is 1.12 bits per heavy atom. The van der Waals surface area contributed by atoms with Crippen LogP contribution in [0.1, 0.15) is 23.2 Å². The number of anilines is 1. The third kappa shape index (κ3) is 3.68. The van der Waals surface area contributed by atoms with Gasteiger partial charge in [0, 0.05) is 37.4 Å². The van der Waals surface area contributed by atoms with Gasteiger partial charge in [-0.05, 0) is 43.2 Å². The highest BCUT2D eigenvalue weighted by molar-refractivity contribution is 6.42. The van der Waals surface area contributed by atoms with E-state index in [2.05, 4.69) is 17.0 Å². The molecule has 1 amide bonds. The number of halogens is 2. The minimum absolute atomic E-state index is 0.0199. The third-order valence-electron chi connectivity index (χ3n) is 4.55. The second kappa shape index (κ2) is 7.45. The zero-order chi connectivity index (χ0) is 17.1. The number of amides is 1. The van der Waals surface area contributed by atoms with Crippen LogP contribution in [-0.2, 0) is 0 Å². The number of carbonyl (C=O) groups excluding carboxylic acids is 1. The van der Waals surface area contributed by atoms with Gasteiger partial charge in [0.05, 0.1) is 10.0 Å². The van der Waals surface area contributed by atoms with Crippen molar-refractivity contribution in [2.24, 2.45) is 0 Å². The first-order valence-electron chi connectivity index (χ1n) is 8.08. The molecule has 1 fully saturated rings. The Hall–Kier alpha value is -1.71. The average Bonchev–Trinajstić information content (AvgIpc) is 2.63. The molecule has 3 nitrogen and oxygen atoms in total. The number of carbonyl (C=O) groups is 1. The van der Waals surface area contributed by atoms with Gasteiger partial charge in [-0.25, -0.2) is 0 Å². The number of likely N-dealkylation sites (N-methyl/N-ethyl adjacent to an activating group) is 1. The lowest BCUT2D eigenvalue weighted by Gasteiger charge is -2.39. The molecule has 1 heterocycles. The molecule has 3 rings (SSSR count). The fraction of sp³-hybridized carbons (Fsp3) is 0.316. The van der Waals surface area contributed by atoms with Crippen LogP contribution in [0.3, 0.4) is 0 Å². The van der Waals surface area contributed by atoms with Crippen molar-refractivity contribution < 1.29 is 4.79 Å². The van der Waals surface area contributed by atoms with Gasteiger partial charge in [-0.2, -0.15) is 0 Å². The Balaban J connectivity index is 1.73. The summed E-state index contributed by atoms with van der Waals surface area (Å²) in [5.74, 6) is -0.0199. The van der Waals surface area contributed by atoms with Gasteiger partial charge in [0.15, 0.2) is 0 Å². The van der Waals surface area contributed by atoms with E-state index in [0.717, 1.165) is 25.9 Å². The predicted molar refractivity (Wildman–Crippen MR) is 100 cm³/mol. The first kappa shape index (κ1) is 17.1. The van der Waals surface area contributed by atoms with Crippen LogP contribution in [0.15, 0.2) is 48.5 Å². The number of hydrogen-bond donors (Lipinski definition) is 0. The monoisotopic (exact) mass is 362 g/mol. The number of piperidine rings is 1. The van der Waals surface area contributed by atoms with E-state index in [9.17, 15) is 4.79 Å². The molecule has 1 aliphatic rings. The van der Waals surface area contributed by atoms with Crippen molar-refractivity contribution >= 4 is 34.8 Å². The van der Waals surface area contributed by atoms with Crippen LogP contribution in [0.2, 0.25) is 10.0 Å². The summed E-state index contributed by atoms with van der Waals surface area (Å²) in [4.78, 5) is 16.9. The van der Waals surface area contributed by atoms with E-state index in [4.69, 9.17) is 23.2 Å². The van der Waals surface area contributed by atoms with E-state index in [1.54, 1.807) is 18.2 Å². The quantitative estimate of drug-likeness (QED) is 0.787. The third-order valence-corrected chi connectivity index (χ3v) is 5.29. The molecule has 2 aromatic rings. The van der Waals surface area contributed by atoms with Crippen LogP contribution in [0.5, 0.6) is 0 Å². The van der Waals surface area contributed by atoms with Crippen LogP contribution < -0.4 is 4.90 Å². The summed E-state index contributed by atoms with van der Waals surface area (Å²) in [5, 5.41) is 0.870. The fourth-order valence-electron chi connectivity index (χ4n) is 3.14. The van der Waals surface area contributed by atoms with E-state index < -0.39 is 0 Å². The van der Waals surface area contributed by atoms with Crippen molar-refractivity contribution in [1.29, 1.82) is 0 Å². The van der Waals surface area contributed by atoms with E-state index in [0.29, 0.717) is 15.6 Å². The lowest BCUT2D eigenvalue weighted by atomic mass is 10.0. The first-order valence-corrected chi connectivity index (χ1v) is 8.84. The molecule has 1 aliphatic heterocycles. The number of rotatable bonds is 3. The van der Waals surface area contributed by atoms with Crippen molar-refractivity contribution in [3.63, 3.8) is 0 Å². The molecule has 126 valence electrons. The van der Waals surface area contributed by atoms with Crippen LogP contribution in [0, 0.1) is 0 Å². The summed E-state index contributed by atoms with van der Waals surface area (Å²) < 4.78 is 0. The average molecular weight is 363 g/mol. The van der Waals surface area contributed by atoms with Gasteiger partial charge in [0.1, 0.15) is 0 Å². The lowest BCUT2D eigenvalue weighted by molar-refractivity contribution is 0.0717. The van der Waals surface area contributed by atoms with Crippen molar-refractivity contribution in [3.05, 3.63) is 64.1 Å². The Morgan fingerprint density at radius 3 is 2.58 bits per heavy atom. The molecule has 0 aromatic heterocycles. The van der Waals surface area contributed by atoms with Gasteiger partial charge in [-0.1, -0.05) is 41.4 Å². The van der Waals surface area contributed by atoms with Crippen molar-refractivity contribution in [2.45, 2.75) is 18.9 Å². The summed E-state index contributed by atoms with van der Waals surface area (Å²) >= 11 is 12.0. The maximum atomic E-state index is 12.8. The molecule has 2 aromatic carbocycles. The highest BCUT2D eigenvalue weighted by atomic mass is 35.5. The fourth-order valence-corrected chi connectivity index (χ4v) is 3.44. The van der Waals surface area contributed by atoms with Gasteiger partial charge < -0.3 is 9.80 Å². The van der Waals surface area contributed by atoms with Gasteiger partial charge in [0.25, 0.3) is 5.91 Å². The van der Waals surface area contributed by atoms with Gasteiger partial charge >= 0.3 is 0 Å². The largest absolute Gasteiger partial charge is 0.369 e. The SMILES string of the molecule is CN(C(=O)c1ccc(Cl)c(Cl)c1)C1CCCN(c2ccccc2)C1. The lowest BCUT2D eigenvalue weighted by Crippen LogP contribution is -2.48. The molecule has 0 N–H and O–H groups in total. The molecule has 1 saturated heterocycles. The highest BCUT2D eigenvalue weighted by Gasteiger charge is 2.27. The van der Waals surface area contributed by atoms with Gasteiger partial charge in [-0.3, -0.25) is 4.79 Å². The molecule has 1 atom stereocenters. The summed E-state index contributed by atoms with van der Waals surface area (Å²) in [7, 11) is 1.87. The molecule has 24 heavy (non-hydrogen) atoms. The maximum absolute atomic E-state index is 12.8. The Labute approximate surface area is 152 Å². The molecule has 5 heteroatoms. The molecular formula is C19H20Cl2N2O. The zero-order valence-corrected chi connectivity index (χ0v) is 15.1. The molecule has 0 aliphatic carbocycles. The number of benzene rings is 2. The topological polar surface area (TPSA) is 23.6 Å². The van der Waals surface area contributed by atoms with E-state index >= 15 is 0 Å². The van der Waals surface area contributed by atoms with Gasteiger partial charge in [0.2, 0.25) is 0 Å². The second-order valence-electron chi connectivity index (χ2n) is 6.12. The highest BCUT2D eigenvalue weighted by Crippen LogP contribution is 2.25. The zero-order valence-electron chi connectivity index (χ0n) is 13.6. The normalized spacial score (nSPS) is 17.6. The summed E-state index contributed by atoms with van der Waals surface area (Å²) in [6, 6.07) is 15.6. The number of para-hydroxylation sites is 1. The van der Waals surface area contributed by atoms with Crippen LogP contribution >= 0.6 is 23.2 Å². The molecule has 0 spiro atoms. The Morgan fingerprint density at radius 2 is 1.88 bits per heavy atom. The molecule has 1 unspecified atom stereocenters. The van der Waals surface area contributed by atoms with Crippen molar-refractivity contribution in [1.82, 2.24) is 4.90 Å². The Kier molecular flexibility index (Phi) is 5.32. The summed E-state index contributed by atoms with van der Waals surface area (Å²) in [6.07, 6.45) is 2.07. The van der Waals surface area contributed by atoms with E-state index in [1.807, 2.05) is 30.1 Å². The van der Waals surface area contributed by atoms with Crippen LogP contribution in [-0.4, -0.2) is 37.0 Å². The van der Waals surface area contributed by atoms with E-state index in [1.165, 1.54) is 5.69 Å². The van der Waals surface area contributed by atoms with E-state index in [-0.39, 0.29) is 11.9 Å². The molecule has 0 radical (unpaired) electrons. The first-order chi connectivity index (χ1) is 11.6. The minimum Gasteiger partial charge on any atom is -0.369 e.